The van der Waals surface area contributed by atoms with Crippen LogP contribution >= 0.6 is 0 Å². The number of hydrogen-bond acceptors (Lipinski definition) is 4. The van der Waals surface area contributed by atoms with Gasteiger partial charge in [-0.15, -0.1) is 0 Å². The summed E-state index contributed by atoms with van der Waals surface area (Å²) in [6, 6.07) is 11.0. The SMILES string of the molecule is Cn1ccn2ncc(C(=O)N3CCN4[C@@H](COC[C@@H]4c4ccccc4)C3)c12. The molecule has 1 aromatic carbocycles. The zero-order chi connectivity index (χ0) is 18.4. The van der Waals surface area contributed by atoms with E-state index in [1.807, 2.05) is 35.0 Å². The number of hydrogen-bond donors (Lipinski definition) is 0. The van der Waals surface area contributed by atoms with Crippen LogP contribution in [0.15, 0.2) is 48.9 Å². The number of ether oxygens (including phenoxy) is 1. The van der Waals surface area contributed by atoms with Gasteiger partial charge in [-0.05, 0) is 5.56 Å². The van der Waals surface area contributed by atoms with Crippen molar-refractivity contribution in [2.24, 2.45) is 7.05 Å². The molecule has 2 fully saturated rings. The number of rotatable bonds is 2. The van der Waals surface area contributed by atoms with Crippen LogP contribution in [0.25, 0.3) is 5.65 Å². The van der Waals surface area contributed by atoms with Gasteiger partial charge in [0.05, 0.1) is 31.5 Å². The first kappa shape index (κ1) is 16.5. The molecule has 3 aromatic rings. The van der Waals surface area contributed by atoms with Gasteiger partial charge in [-0.3, -0.25) is 9.69 Å². The minimum Gasteiger partial charge on any atom is -0.378 e. The maximum atomic E-state index is 13.2. The highest BCUT2D eigenvalue weighted by Crippen LogP contribution is 2.30. The number of nitrogens with zero attached hydrogens (tertiary/aromatic N) is 5. The van der Waals surface area contributed by atoms with Gasteiger partial charge in [0, 0.05) is 39.1 Å². The van der Waals surface area contributed by atoms with Gasteiger partial charge >= 0.3 is 0 Å². The summed E-state index contributed by atoms with van der Waals surface area (Å²) in [4.78, 5) is 17.6. The van der Waals surface area contributed by atoms with Gasteiger partial charge in [0.25, 0.3) is 5.91 Å². The molecule has 0 N–H and O–H groups in total. The topological polar surface area (TPSA) is 55.0 Å². The number of piperazine rings is 1. The summed E-state index contributed by atoms with van der Waals surface area (Å²) in [7, 11) is 1.94. The number of aryl methyl sites for hydroxylation is 1. The molecule has 2 saturated heterocycles. The second-order valence-corrected chi connectivity index (χ2v) is 7.34. The molecule has 2 atom stereocenters. The summed E-state index contributed by atoms with van der Waals surface area (Å²) >= 11 is 0. The first-order valence-corrected chi connectivity index (χ1v) is 9.39. The van der Waals surface area contributed by atoms with Gasteiger partial charge in [0.2, 0.25) is 0 Å². The average molecular weight is 365 g/mol. The fourth-order valence-corrected chi connectivity index (χ4v) is 4.36. The van der Waals surface area contributed by atoms with Crippen molar-refractivity contribution in [2.45, 2.75) is 12.1 Å². The Labute approximate surface area is 157 Å². The monoisotopic (exact) mass is 365 g/mol. The fourth-order valence-electron chi connectivity index (χ4n) is 4.36. The quantitative estimate of drug-likeness (QED) is 0.692. The second kappa shape index (κ2) is 6.51. The van der Waals surface area contributed by atoms with E-state index < -0.39 is 0 Å². The van der Waals surface area contributed by atoms with Crippen molar-refractivity contribution >= 4 is 11.6 Å². The number of amides is 1. The Morgan fingerprint density at radius 1 is 1.15 bits per heavy atom. The average Bonchev–Trinajstić information content (AvgIpc) is 3.30. The summed E-state index contributed by atoms with van der Waals surface area (Å²) < 4.78 is 9.59. The zero-order valence-corrected chi connectivity index (χ0v) is 15.4. The van der Waals surface area contributed by atoms with E-state index in [0.717, 1.165) is 18.7 Å². The van der Waals surface area contributed by atoms with E-state index in [4.69, 9.17) is 4.74 Å². The van der Waals surface area contributed by atoms with Crippen LogP contribution in [0.2, 0.25) is 0 Å². The number of morpholine rings is 1. The van der Waals surface area contributed by atoms with Crippen LogP contribution in [0, 0.1) is 0 Å². The number of imidazole rings is 1. The van der Waals surface area contributed by atoms with E-state index in [-0.39, 0.29) is 18.0 Å². The predicted molar refractivity (Wildman–Crippen MR) is 101 cm³/mol. The smallest absolute Gasteiger partial charge is 0.259 e. The Balaban J connectivity index is 1.36. The van der Waals surface area contributed by atoms with Crippen molar-refractivity contribution in [3.05, 3.63) is 60.0 Å². The van der Waals surface area contributed by atoms with Gasteiger partial charge in [-0.2, -0.15) is 5.10 Å². The third-order valence-corrected chi connectivity index (χ3v) is 5.75. The highest BCUT2D eigenvalue weighted by molar-refractivity contribution is 5.99. The molecule has 2 aliphatic heterocycles. The minimum absolute atomic E-state index is 0.0493. The normalized spacial score (nSPS) is 23.5. The number of aromatic nitrogens is 3. The van der Waals surface area contributed by atoms with Crippen LogP contribution in [-0.4, -0.2) is 68.8 Å². The number of carbonyl (C=O) groups is 1. The molecular formula is C20H23N5O2. The first-order valence-electron chi connectivity index (χ1n) is 9.39. The van der Waals surface area contributed by atoms with Crippen LogP contribution in [0.1, 0.15) is 22.0 Å². The van der Waals surface area contributed by atoms with Crippen molar-refractivity contribution in [2.75, 3.05) is 32.8 Å². The molecule has 0 aliphatic carbocycles. The number of benzene rings is 1. The molecule has 2 aliphatic rings. The number of fused-ring (bicyclic) bond motifs is 2. The van der Waals surface area contributed by atoms with Crippen molar-refractivity contribution in [1.82, 2.24) is 24.0 Å². The Morgan fingerprint density at radius 2 is 2.00 bits per heavy atom. The standard InChI is InChI=1S/C20H23N5O2/c1-22-7-10-25-19(22)17(11-21-25)20(26)23-8-9-24-16(12-23)13-27-14-18(24)15-5-3-2-4-6-15/h2-7,10-11,16,18H,8-9,12-14H2,1H3/t16-,18-/m1/s1. The molecule has 0 unspecified atom stereocenters. The maximum absolute atomic E-state index is 13.2. The highest BCUT2D eigenvalue weighted by Gasteiger charge is 2.38. The summed E-state index contributed by atoms with van der Waals surface area (Å²) in [6.07, 6.45) is 5.45. The molecule has 0 radical (unpaired) electrons. The van der Waals surface area contributed by atoms with Crippen LogP contribution in [0.3, 0.4) is 0 Å². The lowest BCUT2D eigenvalue weighted by molar-refractivity contribution is -0.0770. The van der Waals surface area contributed by atoms with Crippen molar-refractivity contribution in [3.8, 4) is 0 Å². The van der Waals surface area contributed by atoms with E-state index >= 15 is 0 Å². The molecule has 4 heterocycles. The zero-order valence-electron chi connectivity index (χ0n) is 15.4. The molecule has 1 amide bonds. The first-order chi connectivity index (χ1) is 13.2. The predicted octanol–water partition coefficient (Wildman–Crippen LogP) is 1.57. The molecule has 7 nitrogen and oxygen atoms in total. The molecule has 140 valence electrons. The van der Waals surface area contributed by atoms with Gasteiger partial charge in [0.1, 0.15) is 11.2 Å². The van der Waals surface area contributed by atoms with Crippen LogP contribution < -0.4 is 0 Å². The van der Waals surface area contributed by atoms with Crippen LogP contribution in [0.4, 0.5) is 0 Å². The van der Waals surface area contributed by atoms with Gasteiger partial charge in [-0.1, -0.05) is 30.3 Å². The molecule has 2 aromatic heterocycles. The van der Waals surface area contributed by atoms with E-state index in [2.05, 4.69) is 34.3 Å². The fraction of sp³-hybridized carbons (Fsp3) is 0.400. The number of carbonyl (C=O) groups excluding carboxylic acids is 1. The summed E-state index contributed by atoms with van der Waals surface area (Å²) in [5.74, 6) is 0.0493. The third-order valence-electron chi connectivity index (χ3n) is 5.75. The van der Waals surface area contributed by atoms with E-state index in [1.54, 1.807) is 10.7 Å². The second-order valence-electron chi connectivity index (χ2n) is 7.34. The minimum atomic E-state index is 0.0493. The summed E-state index contributed by atoms with van der Waals surface area (Å²) in [6.45, 7) is 3.64. The lowest BCUT2D eigenvalue weighted by atomic mass is 10.00. The van der Waals surface area contributed by atoms with Crippen LogP contribution in [-0.2, 0) is 11.8 Å². The summed E-state index contributed by atoms with van der Waals surface area (Å²) in [5.41, 5.74) is 2.78. The Bertz CT molecular complexity index is 963. The molecule has 0 spiro atoms. The van der Waals surface area contributed by atoms with Crippen molar-refractivity contribution in [1.29, 1.82) is 0 Å². The molecule has 7 heteroatoms. The third kappa shape index (κ3) is 2.74. The maximum Gasteiger partial charge on any atom is 0.259 e. The van der Waals surface area contributed by atoms with Gasteiger partial charge in [0.15, 0.2) is 0 Å². The largest absolute Gasteiger partial charge is 0.378 e. The van der Waals surface area contributed by atoms with E-state index in [1.165, 1.54) is 5.56 Å². The van der Waals surface area contributed by atoms with Gasteiger partial charge in [-0.25, -0.2) is 4.52 Å². The Hall–Kier alpha value is -2.64. The van der Waals surface area contributed by atoms with Crippen LogP contribution in [0.5, 0.6) is 0 Å². The molecule has 5 rings (SSSR count). The molecule has 0 saturated carbocycles. The lowest BCUT2D eigenvalue weighted by Gasteiger charge is -2.48. The Kier molecular flexibility index (Phi) is 3.98. The highest BCUT2D eigenvalue weighted by atomic mass is 16.5. The molecular weight excluding hydrogens is 342 g/mol. The molecule has 27 heavy (non-hydrogen) atoms. The van der Waals surface area contributed by atoms with E-state index in [0.29, 0.717) is 25.3 Å². The van der Waals surface area contributed by atoms with Crippen molar-refractivity contribution in [3.63, 3.8) is 0 Å². The summed E-state index contributed by atoms with van der Waals surface area (Å²) in [5, 5.41) is 4.30. The van der Waals surface area contributed by atoms with E-state index in [9.17, 15) is 4.79 Å². The Morgan fingerprint density at radius 3 is 2.85 bits per heavy atom. The van der Waals surface area contributed by atoms with Gasteiger partial charge < -0.3 is 14.2 Å². The van der Waals surface area contributed by atoms with Crippen molar-refractivity contribution < 1.29 is 9.53 Å². The lowest BCUT2D eigenvalue weighted by Crippen LogP contribution is -2.60. The molecule has 0 bridgehead atoms.